The third-order valence-electron chi connectivity index (χ3n) is 2.63. The Balaban J connectivity index is 2.13. The number of hydrogen-bond acceptors (Lipinski definition) is 5. The lowest BCUT2D eigenvalue weighted by atomic mass is 9.78. The highest BCUT2D eigenvalue weighted by molar-refractivity contribution is 5.87. The Morgan fingerprint density at radius 1 is 1.73 bits per heavy atom. The highest BCUT2D eigenvalue weighted by Crippen LogP contribution is 2.41. The molecule has 1 aliphatic carbocycles. The number of rotatable bonds is 3. The van der Waals surface area contributed by atoms with Crippen molar-refractivity contribution >= 4 is 5.97 Å². The monoisotopic (exact) mass is 211 g/mol. The van der Waals surface area contributed by atoms with Crippen LogP contribution < -0.4 is 0 Å². The molecule has 1 heterocycles. The summed E-state index contributed by atoms with van der Waals surface area (Å²) in [6.07, 6.45) is 2.28. The van der Waals surface area contributed by atoms with E-state index in [1.807, 2.05) is 0 Å². The van der Waals surface area contributed by atoms with Gasteiger partial charge in [-0.25, -0.2) is 4.79 Å². The largest absolute Gasteiger partial charge is 0.461 e. The molecule has 0 bridgehead atoms. The Labute approximate surface area is 87.0 Å². The zero-order chi connectivity index (χ0) is 10.9. The van der Waals surface area contributed by atoms with Gasteiger partial charge in [-0.15, -0.1) is 0 Å². The van der Waals surface area contributed by atoms with Crippen LogP contribution in [0.15, 0.2) is 10.6 Å². The highest BCUT2D eigenvalue weighted by Gasteiger charge is 2.40. The Hall–Kier alpha value is -1.36. The first-order chi connectivity index (χ1) is 7.15. The van der Waals surface area contributed by atoms with E-state index in [2.05, 4.69) is 5.16 Å². The molecule has 0 atom stereocenters. The van der Waals surface area contributed by atoms with Gasteiger partial charge < -0.3 is 14.4 Å². The average molecular weight is 211 g/mol. The second-order valence-electron chi connectivity index (χ2n) is 3.68. The number of carbonyl (C=O) groups is 1. The average Bonchev–Trinajstić information content (AvgIpc) is 2.63. The van der Waals surface area contributed by atoms with Crippen LogP contribution in [0.5, 0.6) is 0 Å². The van der Waals surface area contributed by atoms with E-state index in [0.29, 0.717) is 25.2 Å². The number of aromatic nitrogens is 1. The summed E-state index contributed by atoms with van der Waals surface area (Å²) >= 11 is 0. The number of nitrogens with zero attached hydrogens (tertiary/aromatic N) is 1. The molecule has 0 aliphatic heterocycles. The molecular weight excluding hydrogens is 198 g/mol. The molecule has 15 heavy (non-hydrogen) atoms. The van der Waals surface area contributed by atoms with Gasteiger partial charge in [-0.05, 0) is 26.2 Å². The van der Waals surface area contributed by atoms with Gasteiger partial charge in [0.15, 0.2) is 11.5 Å². The maximum Gasteiger partial charge on any atom is 0.360 e. The lowest BCUT2D eigenvalue weighted by Crippen LogP contribution is -2.33. The van der Waals surface area contributed by atoms with Crippen LogP contribution in [-0.2, 0) is 10.3 Å². The van der Waals surface area contributed by atoms with Crippen molar-refractivity contribution in [3.05, 3.63) is 17.5 Å². The first kappa shape index (κ1) is 10.2. The van der Waals surface area contributed by atoms with Crippen molar-refractivity contribution in [2.75, 3.05) is 6.61 Å². The van der Waals surface area contributed by atoms with Crippen molar-refractivity contribution in [2.45, 2.75) is 31.8 Å². The standard InChI is InChI=1S/C10H13NO4/c1-2-14-9(12)7-6-8(15-11-7)10(13)4-3-5-10/h6,13H,2-5H2,1H3. The highest BCUT2D eigenvalue weighted by atomic mass is 16.5. The molecule has 2 rings (SSSR count). The van der Waals surface area contributed by atoms with E-state index in [9.17, 15) is 9.90 Å². The van der Waals surface area contributed by atoms with Crippen LogP contribution >= 0.6 is 0 Å². The minimum Gasteiger partial charge on any atom is -0.461 e. The second kappa shape index (κ2) is 3.66. The molecule has 1 aromatic rings. The summed E-state index contributed by atoms with van der Waals surface area (Å²) in [5, 5.41) is 13.5. The van der Waals surface area contributed by atoms with Gasteiger partial charge in [0.1, 0.15) is 5.60 Å². The van der Waals surface area contributed by atoms with Crippen LogP contribution in [-0.4, -0.2) is 22.8 Å². The minimum atomic E-state index is -0.919. The van der Waals surface area contributed by atoms with E-state index >= 15 is 0 Å². The predicted molar refractivity (Wildman–Crippen MR) is 50.2 cm³/mol. The van der Waals surface area contributed by atoms with Crippen LogP contribution in [0, 0.1) is 0 Å². The van der Waals surface area contributed by atoms with Crippen molar-refractivity contribution < 1.29 is 19.2 Å². The number of esters is 1. The van der Waals surface area contributed by atoms with Gasteiger partial charge in [0.25, 0.3) is 0 Å². The van der Waals surface area contributed by atoms with Crippen molar-refractivity contribution in [2.24, 2.45) is 0 Å². The summed E-state index contributed by atoms with van der Waals surface area (Å²) in [7, 11) is 0. The number of aliphatic hydroxyl groups is 1. The summed E-state index contributed by atoms with van der Waals surface area (Å²) in [5.41, 5.74) is -0.801. The Bertz CT molecular complexity index is 367. The molecule has 1 saturated carbocycles. The molecule has 0 spiro atoms. The Kier molecular flexibility index (Phi) is 2.48. The molecule has 82 valence electrons. The van der Waals surface area contributed by atoms with E-state index in [1.165, 1.54) is 6.07 Å². The predicted octanol–water partition coefficient (Wildman–Crippen LogP) is 1.22. The van der Waals surface area contributed by atoms with Gasteiger partial charge in [-0.2, -0.15) is 0 Å². The summed E-state index contributed by atoms with van der Waals surface area (Å²) in [5.74, 6) is -0.160. The maximum atomic E-state index is 11.3. The van der Waals surface area contributed by atoms with Crippen LogP contribution in [0.4, 0.5) is 0 Å². The Morgan fingerprint density at radius 3 is 3.00 bits per heavy atom. The quantitative estimate of drug-likeness (QED) is 0.761. The van der Waals surface area contributed by atoms with E-state index in [0.717, 1.165) is 6.42 Å². The normalized spacial score (nSPS) is 18.3. The number of carbonyl (C=O) groups excluding carboxylic acids is 1. The van der Waals surface area contributed by atoms with Gasteiger partial charge >= 0.3 is 5.97 Å². The topological polar surface area (TPSA) is 72.6 Å². The fourth-order valence-corrected chi connectivity index (χ4v) is 1.55. The smallest absolute Gasteiger partial charge is 0.360 e. The van der Waals surface area contributed by atoms with Gasteiger partial charge in [-0.1, -0.05) is 5.16 Å². The lowest BCUT2D eigenvalue weighted by molar-refractivity contribution is -0.0602. The van der Waals surface area contributed by atoms with Crippen LogP contribution in [0.1, 0.15) is 42.4 Å². The van der Waals surface area contributed by atoms with Crippen molar-refractivity contribution in [1.82, 2.24) is 5.16 Å². The van der Waals surface area contributed by atoms with Crippen LogP contribution in [0.25, 0.3) is 0 Å². The third-order valence-corrected chi connectivity index (χ3v) is 2.63. The summed E-state index contributed by atoms with van der Waals surface area (Å²) in [6, 6.07) is 1.46. The maximum absolute atomic E-state index is 11.3. The Morgan fingerprint density at radius 2 is 2.47 bits per heavy atom. The molecule has 1 N–H and O–H groups in total. The molecule has 5 heteroatoms. The molecule has 5 nitrogen and oxygen atoms in total. The zero-order valence-corrected chi connectivity index (χ0v) is 8.52. The number of ether oxygens (including phenoxy) is 1. The van der Waals surface area contributed by atoms with Crippen molar-refractivity contribution in [3.8, 4) is 0 Å². The molecule has 1 aliphatic rings. The van der Waals surface area contributed by atoms with E-state index < -0.39 is 11.6 Å². The molecule has 0 amide bonds. The van der Waals surface area contributed by atoms with E-state index in [-0.39, 0.29) is 5.69 Å². The fourth-order valence-electron chi connectivity index (χ4n) is 1.55. The molecule has 0 aromatic carbocycles. The molecule has 0 unspecified atom stereocenters. The lowest BCUT2D eigenvalue weighted by Gasteiger charge is -2.33. The molecular formula is C10H13NO4. The third kappa shape index (κ3) is 1.74. The molecule has 0 saturated heterocycles. The molecule has 1 fully saturated rings. The zero-order valence-electron chi connectivity index (χ0n) is 8.52. The number of hydrogen-bond donors (Lipinski definition) is 1. The summed E-state index contributed by atoms with van der Waals surface area (Å²) in [4.78, 5) is 11.3. The van der Waals surface area contributed by atoms with Gasteiger partial charge in [0, 0.05) is 6.07 Å². The summed E-state index contributed by atoms with van der Waals surface area (Å²) < 4.78 is 9.70. The first-order valence-electron chi connectivity index (χ1n) is 5.02. The van der Waals surface area contributed by atoms with Gasteiger partial charge in [0.2, 0.25) is 0 Å². The second-order valence-corrected chi connectivity index (χ2v) is 3.68. The summed E-state index contributed by atoms with van der Waals surface area (Å²) in [6.45, 7) is 2.02. The van der Waals surface area contributed by atoms with Crippen molar-refractivity contribution in [3.63, 3.8) is 0 Å². The van der Waals surface area contributed by atoms with Gasteiger partial charge in [0.05, 0.1) is 6.61 Å². The molecule has 1 aromatic heterocycles. The van der Waals surface area contributed by atoms with Crippen molar-refractivity contribution in [1.29, 1.82) is 0 Å². The minimum absolute atomic E-state index is 0.118. The fraction of sp³-hybridized carbons (Fsp3) is 0.600. The SMILES string of the molecule is CCOC(=O)c1cc(C2(O)CCC2)on1. The van der Waals surface area contributed by atoms with Gasteiger partial charge in [-0.3, -0.25) is 0 Å². The van der Waals surface area contributed by atoms with Crippen LogP contribution in [0.3, 0.4) is 0 Å². The molecule has 0 radical (unpaired) electrons. The van der Waals surface area contributed by atoms with E-state index in [4.69, 9.17) is 9.26 Å². The van der Waals surface area contributed by atoms with Crippen LogP contribution in [0.2, 0.25) is 0 Å². The van der Waals surface area contributed by atoms with E-state index in [1.54, 1.807) is 6.92 Å². The first-order valence-corrected chi connectivity index (χ1v) is 5.02.